The second kappa shape index (κ2) is 6.25. The van der Waals surface area contributed by atoms with Gasteiger partial charge in [0, 0.05) is 13.1 Å². The molecule has 1 saturated heterocycles. The molecule has 1 aliphatic rings. The number of anilines is 1. The molecule has 0 spiro atoms. The van der Waals surface area contributed by atoms with E-state index in [0.29, 0.717) is 37.7 Å². The Morgan fingerprint density at radius 3 is 2.65 bits per heavy atom. The predicted octanol–water partition coefficient (Wildman–Crippen LogP) is 1.26. The number of carboxylic acids is 1. The Hall–Kier alpha value is -2.28. The number of amides is 2. The second-order valence-corrected chi connectivity index (χ2v) is 4.25. The van der Waals surface area contributed by atoms with E-state index in [0.717, 1.165) is 0 Å². The van der Waals surface area contributed by atoms with E-state index in [-0.39, 0.29) is 11.6 Å². The van der Waals surface area contributed by atoms with Crippen LogP contribution in [0.5, 0.6) is 5.75 Å². The van der Waals surface area contributed by atoms with Crippen LogP contribution in [-0.2, 0) is 4.74 Å². The molecule has 0 aliphatic carbocycles. The number of hydrogen-bond donors (Lipinski definition) is 2. The SMILES string of the molecule is COc1ccc(C(=O)O)cc1NC(=O)N1CCOCC1. The summed E-state index contributed by atoms with van der Waals surface area (Å²) in [5, 5.41) is 11.6. The van der Waals surface area contributed by atoms with Crippen LogP contribution in [0.3, 0.4) is 0 Å². The fraction of sp³-hybridized carbons (Fsp3) is 0.385. The highest BCUT2D eigenvalue weighted by atomic mass is 16.5. The highest BCUT2D eigenvalue weighted by Gasteiger charge is 2.18. The number of nitrogens with zero attached hydrogens (tertiary/aromatic N) is 1. The summed E-state index contributed by atoms with van der Waals surface area (Å²) in [6.07, 6.45) is 0. The molecule has 0 bridgehead atoms. The number of ether oxygens (including phenoxy) is 2. The minimum Gasteiger partial charge on any atom is -0.495 e. The van der Waals surface area contributed by atoms with Crippen LogP contribution in [0.15, 0.2) is 18.2 Å². The third-order valence-electron chi connectivity index (χ3n) is 2.99. The molecule has 0 unspecified atom stereocenters. The molecule has 0 atom stereocenters. The van der Waals surface area contributed by atoms with E-state index >= 15 is 0 Å². The molecule has 0 saturated carbocycles. The lowest BCUT2D eigenvalue weighted by Gasteiger charge is -2.27. The molecule has 1 aromatic rings. The van der Waals surface area contributed by atoms with E-state index < -0.39 is 5.97 Å². The Morgan fingerprint density at radius 1 is 1.35 bits per heavy atom. The Labute approximate surface area is 116 Å². The zero-order valence-electron chi connectivity index (χ0n) is 11.1. The van der Waals surface area contributed by atoms with Gasteiger partial charge in [-0.25, -0.2) is 9.59 Å². The lowest BCUT2D eigenvalue weighted by atomic mass is 10.2. The minimum atomic E-state index is -1.06. The van der Waals surface area contributed by atoms with Crippen molar-refractivity contribution in [3.05, 3.63) is 23.8 Å². The smallest absolute Gasteiger partial charge is 0.335 e. The van der Waals surface area contributed by atoms with E-state index in [1.165, 1.54) is 25.3 Å². The van der Waals surface area contributed by atoms with Gasteiger partial charge in [0.1, 0.15) is 5.75 Å². The van der Waals surface area contributed by atoms with Crippen molar-refractivity contribution in [1.29, 1.82) is 0 Å². The molecule has 1 aliphatic heterocycles. The Kier molecular flexibility index (Phi) is 4.41. The van der Waals surface area contributed by atoms with Crippen LogP contribution in [0.25, 0.3) is 0 Å². The van der Waals surface area contributed by atoms with Crippen LogP contribution in [-0.4, -0.2) is 55.4 Å². The maximum atomic E-state index is 12.1. The molecule has 2 rings (SSSR count). The first-order valence-electron chi connectivity index (χ1n) is 6.17. The van der Waals surface area contributed by atoms with Gasteiger partial charge in [-0.05, 0) is 18.2 Å². The van der Waals surface area contributed by atoms with E-state index in [9.17, 15) is 9.59 Å². The minimum absolute atomic E-state index is 0.0862. The third-order valence-corrected chi connectivity index (χ3v) is 2.99. The first kappa shape index (κ1) is 14.1. The van der Waals surface area contributed by atoms with Crippen molar-refractivity contribution in [2.24, 2.45) is 0 Å². The van der Waals surface area contributed by atoms with Crippen LogP contribution < -0.4 is 10.1 Å². The number of carbonyl (C=O) groups excluding carboxylic acids is 1. The van der Waals surface area contributed by atoms with Gasteiger partial charge in [0.05, 0.1) is 31.6 Å². The number of methoxy groups -OCH3 is 1. The van der Waals surface area contributed by atoms with Gasteiger partial charge < -0.3 is 24.8 Å². The maximum Gasteiger partial charge on any atom is 0.335 e. The summed E-state index contributed by atoms with van der Waals surface area (Å²) in [4.78, 5) is 24.6. The number of urea groups is 1. The predicted molar refractivity (Wildman–Crippen MR) is 71.4 cm³/mol. The summed E-state index contributed by atoms with van der Waals surface area (Å²) in [5.74, 6) is -0.647. The van der Waals surface area contributed by atoms with E-state index in [1.54, 1.807) is 4.90 Å². The number of morpholine rings is 1. The Morgan fingerprint density at radius 2 is 2.05 bits per heavy atom. The lowest BCUT2D eigenvalue weighted by Crippen LogP contribution is -2.43. The molecule has 0 aromatic heterocycles. The Balaban J connectivity index is 2.15. The van der Waals surface area contributed by atoms with Crippen molar-refractivity contribution < 1.29 is 24.2 Å². The second-order valence-electron chi connectivity index (χ2n) is 4.25. The number of benzene rings is 1. The zero-order valence-corrected chi connectivity index (χ0v) is 11.1. The van der Waals surface area contributed by atoms with Gasteiger partial charge >= 0.3 is 12.0 Å². The van der Waals surface area contributed by atoms with Crippen molar-refractivity contribution in [1.82, 2.24) is 4.90 Å². The normalized spacial score (nSPS) is 14.8. The number of rotatable bonds is 3. The highest BCUT2D eigenvalue weighted by molar-refractivity contribution is 5.94. The largest absolute Gasteiger partial charge is 0.495 e. The van der Waals surface area contributed by atoms with Crippen molar-refractivity contribution >= 4 is 17.7 Å². The lowest BCUT2D eigenvalue weighted by molar-refractivity contribution is 0.0564. The summed E-state index contributed by atoms with van der Waals surface area (Å²) in [6, 6.07) is 4.01. The van der Waals surface area contributed by atoms with Gasteiger partial charge in [-0.3, -0.25) is 0 Å². The van der Waals surface area contributed by atoms with Crippen LogP contribution in [0.2, 0.25) is 0 Å². The first-order chi connectivity index (χ1) is 9.61. The van der Waals surface area contributed by atoms with E-state index in [2.05, 4.69) is 5.32 Å². The third kappa shape index (κ3) is 3.18. The average molecular weight is 280 g/mol. The molecule has 2 N–H and O–H groups in total. The molecular formula is C13H16N2O5. The van der Waals surface area contributed by atoms with Crippen molar-refractivity contribution in [3.63, 3.8) is 0 Å². The number of carbonyl (C=O) groups is 2. The number of hydrogen-bond acceptors (Lipinski definition) is 4. The number of carboxylic acid groups (broad SMARTS) is 1. The monoisotopic (exact) mass is 280 g/mol. The Bertz CT molecular complexity index is 511. The first-order valence-corrected chi connectivity index (χ1v) is 6.17. The van der Waals surface area contributed by atoms with Crippen LogP contribution in [0.4, 0.5) is 10.5 Å². The molecular weight excluding hydrogens is 264 g/mol. The molecule has 20 heavy (non-hydrogen) atoms. The van der Waals surface area contributed by atoms with Crippen LogP contribution >= 0.6 is 0 Å². The van der Waals surface area contributed by atoms with Crippen molar-refractivity contribution in [2.75, 3.05) is 38.7 Å². The zero-order chi connectivity index (χ0) is 14.5. The maximum absolute atomic E-state index is 12.1. The molecule has 7 nitrogen and oxygen atoms in total. The van der Waals surface area contributed by atoms with Crippen LogP contribution in [0.1, 0.15) is 10.4 Å². The summed E-state index contributed by atoms with van der Waals surface area (Å²) >= 11 is 0. The number of aromatic carboxylic acids is 1. The van der Waals surface area contributed by atoms with E-state index in [1.807, 2.05) is 0 Å². The fourth-order valence-corrected chi connectivity index (χ4v) is 1.90. The average Bonchev–Trinajstić information content (AvgIpc) is 2.48. The summed E-state index contributed by atoms with van der Waals surface area (Å²) in [7, 11) is 1.46. The van der Waals surface area contributed by atoms with Gasteiger partial charge in [-0.2, -0.15) is 0 Å². The van der Waals surface area contributed by atoms with Gasteiger partial charge in [-0.15, -0.1) is 0 Å². The molecule has 7 heteroatoms. The topological polar surface area (TPSA) is 88.1 Å². The van der Waals surface area contributed by atoms with E-state index in [4.69, 9.17) is 14.6 Å². The standard InChI is InChI=1S/C13H16N2O5/c1-19-11-3-2-9(12(16)17)8-10(11)14-13(18)15-4-6-20-7-5-15/h2-3,8H,4-7H2,1H3,(H,14,18)(H,16,17). The highest BCUT2D eigenvalue weighted by Crippen LogP contribution is 2.26. The van der Waals surface area contributed by atoms with Crippen molar-refractivity contribution in [2.45, 2.75) is 0 Å². The molecule has 2 amide bonds. The molecule has 1 heterocycles. The fourth-order valence-electron chi connectivity index (χ4n) is 1.90. The van der Waals surface area contributed by atoms with Gasteiger partial charge in [0.15, 0.2) is 0 Å². The molecule has 1 fully saturated rings. The van der Waals surface area contributed by atoms with Gasteiger partial charge in [0.25, 0.3) is 0 Å². The summed E-state index contributed by atoms with van der Waals surface area (Å²) in [6.45, 7) is 2.01. The van der Waals surface area contributed by atoms with Gasteiger partial charge in [0.2, 0.25) is 0 Å². The molecule has 1 aromatic carbocycles. The van der Waals surface area contributed by atoms with Crippen molar-refractivity contribution in [3.8, 4) is 5.75 Å². The van der Waals surface area contributed by atoms with Crippen LogP contribution in [0, 0.1) is 0 Å². The van der Waals surface area contributed by atoms with Gasteiger partial charge in [-0.1, -0.05) is 0 Å². The quantitative estimate of drug-likeness (QED) is 0.870. The number of nitrogens with one attached hydrogen (secondary N) is 1. The summed E-state index contributed by atoms with van der Waals surface area (Å²) < 4.78 is 10.3. The summed E-state index contributed by atoms with van der Waals surface area (Å²) in [5.41, 5.74) is 0.423. The molecule has 108 valence electrons. The molecule has 0 radical (unpaired) electrons.